The maximum absolute atomic E-state index is 12.9. The zero-order chi connectivity index (χ0) is 20.5. The molecule has 0 saturated carbocycles. The minimum Gasteiger partial charge on any atom is -0.497 e. The standard InChI is InChI=1S/C24H24N2O3/c1-29-22-14-12-19(13-15-22)18-25-23(27)16-17-24(28)26(20-8-4-2-5-9-20)21-10-6-3-7-11-21/h2-15H,16-18H2,1H3,(H,25,27). The molecule has 3 aromatic carbocycles. The van der Waals surface area contributed by atoms with Crippen molar-refractivity contribution >= 4 is 23.2 Å². The summed E-state index contributed by atoms with van der Waals surface area (Å²) in [5, 5.41) is 2.86. The molecule has 0 aromatic heterocycles. The number of nitrogens with zero attached hydrogens (tertiary/aromatic N) is 1. The fraction of sp³-hybridized carbons (Fsp3) is 0.167. The van der Waals surface area contributed by atoms with Crippen LogP contribution < -0.4 is 15.0 Å². The molecule has 0 atom stereocenters. The fourth-order valence-corrected chi connectivity index (χ4v) is 2.96. The lowest BCUT2D eigenvalue weighted by Gasteiger charge is -2.23. The van der Waals surface area contributed by atoms with Crippen LogP contribution in [0.5, 0.6) is 5.75 Å². The van der Waals surface area contributed by atoms with Gasteiger partial charge in [0.25, 0.3) is 0 Å². The molecule has 0 aliphatic heterocycles. The van der Waals surface area contributed by atoms with Gasteiger partial charge in [-0.1, -0.05) is 48.5 Å². The van der Waals surface area contributed by atoms with Crippen LogP contribution in [0.4, 0.5) is 11.4 Å². The molecule has 0 aliphatic rings. The van der Waals surface area contributed by atoms with Crippen LogP contribution in [0.2, 0.25) is 0 Å². The Morgan fingerprint density at radius 3 is 1.86 bits per heavy atom. The highest BCUT2D eigenvalue weighted by Crippen LogP contribution is 2.26. The summed E-state index contributed by atoms with van der Waals surface area (Å²) in [6.45, 7) is 0.415. The highest BCUT2D eigenvalue weighted by Gasteiger charge is 2.18. The lowest BCUT2D eigenvalue weighted by atomic mass is 10.2. The summed E-state index contributed by atoms with van der Waals surface area (Å²) >= 11 is 0. The molecule has 2 amide bonds. The van der Waals surface area contributed by atoms with Crippen molar-refractivity contribution in [2.24, 2.45) is 0 Å². The van der Waals surface area contributed by atoms with E-state index >= 15 is 0 Å². The van der Waals surface area contributed by atoms with E-state index in [9.17, 15) is 9.59 Å². The largest absolute Gasteiger partial charge is 0.497 e. The Labute approximate surface area is 170 Å². The van der Waals surface area contributed by atoms with E-state index in [1.54, 1.807) is 12.0 Å². The monoisotopic (exact) mass is 388 g/mol. The Kier molecular flexibility index (Phi) is 7.00. The Morgan fingerprint density at radius 2 is 1.34 bits per heavy atom. The second-order valence-electron chi connectivity index (χ2n) is 6.53. The van der Waals surface area contributed by atoms with Crippen molar-refractivity contribution in [3.63, 3.8) is 0 Å². The van der Waals surface area contributed by atoms with Crippen molar-refractivity contribution in [2.45, 2.75) is 19.4 Å². The van der Waals surface area contributed by atoms with E-state index < -0.39 is 0 Å². The Morgan fingerprint density at radius 1 is 0.793 bits per heavy atom. The first kappa shape index (κ1) is 20.1. The average molecular weight is 388 g/mol. The van der Waals surface area contributed by atoms with Gasteiger partial charge in [-0.15, -0.1) is 0 Å². The van der Waals surface area contributed by atoms with Gasteiger partial charge in [0, 0.05) is 30.8 Å². The van der Waals surface area contributed by atoms with Crippen molar-refractivity contribution in [3.8, 4) is 5.75 Å². The van der Waals surface area contributed by atoms with Crippen LogP contribution in [0.15, 0.2) is 84.9 Å². The lowest BCUT2D eigenvalue weighted by molar-refractivity contribution is -0.125. The van der Waals surface area contributed by atoms with Crippen LogP contribution in [0.3, 0.4) is 0 Å². The first-order valence-electron chi connectivity index (χ1n) is 9.50. The maximum Gasteiger partial charge on any atom is 0.232 e. The SMILES string of the molecule is COc1ccc(CNC(=O)CCC(=O)N(c2ccccc2)c2ccccc2)cc1. The highest BCUT2D eigenvalue weighted by atomic mass is 16.5. The molecule has 0 heterocycles. The predicted molar refractivity (Wildman–Crippen MR) is 114 cm³/mol. The van der Waals surface area contributed by atoms with Crippen molar-refractivity contribution in [1.82, 2.24) is 5.32 Å². The number of nitrogens with one attached hydrogen (secondary N) is 1. The number of rotatable bonds is 8. The molecule has 1 N–H and O–H groups in total. The molecule has 0 aliphatic carbocycles. The molecule has 0 fully saturated rings. The molecule has 0 spiro atoms. The maximum atomic E-state index is 12.9. The minimum atomic E-state index is -0.157. The number of benzene rings is 3. The van der Waals surface area contributed by atoms with E-state index in [1.165, 1.54) is 0 Å². The molecule has 0 radical (unpaired) electrons. The summed E-state index contributed by atoms with van der Waals surface area (Å²) in [7, 11) is 1.61. The van der Waals surface area contributed by atoms with Gasteiger partial charge >= 0.3 is 0 Å². The number of amides is 2. The van der Waals surface area contributed by atoms with Gasteiger partial charge in [0.05, 0.1) is 7.11 Å². The number of carbonyl (C=O) groups excluding carboxylic acids is 2. The van der Waals surface area contributed by atoms with Crippen molar-refractivity contribution in [1.29, 1.82) is 0 Å². The zero-order valence-corrected chi connectivity index (χ0v) is 16.4. The Hall–Kier alpha value is -3.60. The molecule has 148 valence electrons. The van der Waals surface area contributed by atoms with Gasteiger partial charge in [-0.2, -0.15) is 0 Å². The van der Waals surface area contributed by atoms with Crippen LogP contribution in [0.25, 0.3) is 0 Å². The molecular weight excluding hydrogens is 364 g/mol. The van der Waals surface area contributed by atoms with E-state index in [-0.39, 0.29) is 24.7 Å². The second kappa shape index (κ2) is 10.1. The number of carbonyl (C=O) groups is 2. The first-order chi connectivity index (χ1) is 14.2. The highest BCUT2D eigenvalue weighted by molar-refractivity contribution is 6.01. The summed E-state index contributed by atoms with van der Waals surface area (Å²) < 4.78 is 5.13. The predicted octanol–water partition coefficient (Wildman–Crippen LogP) is 4.46. The summed E-state index contributed by atoms with van der Waals surface area (Å²) in [4.78, 5) is 26.8. The summed E-state index contributed by atoms with van der Waals surface area (Å²) in [5.41, 5.74) is 2.53. The topological polar surface area (TPSA) is 58.6 Å². The van der Waals surface area contributed by atoms with Crippen molar-refractivity contribution < 1.29 is 14.3 Å². The number of methoxy groups -OCH3 is 1. The van der Waals surface area contributed by atoms with E-state index in [4.69, 9.17) is 4.74 Å². The number of hydrogen-bond donors (Lipinski definition) is 1. The van der Waals surface area contributed by atoms with Crippen LogP contribution in [0, 0.1) is 0 Å². The van der Waals surface area contributed by atoms with Gasteiger partial charge in [0.1, 0.15) is 5.75 Å². The van der Waals surface area contributed by atoms with Crippen molar-refractivity contribution in [3.05, 3.63) is 90.5 Å². The molecule has 5 nitrogen and oxygen atoms in total. The van der Waals surface area contributed by atoms with Gasteiger partial charge in [-0.05, 0) is 42.0 Å². The molecule has 3 aromatic rings. The van der Waals surface area contributed by atoms with Crippen molar-refractivity contribution in [2.75, 3.05) is 12.0 Å². The van der Waals surface area contributed by atoms with Gasteiger partial charge < -0.3 is 10.1 Å². The third-order valence-electron chi connectivity index (χ3n) is 4.49. The third kappa shape index (κ3) is 5.69. The van der Waals surface area contributed by atoms with E-state index in [1.807, 2.05) is 84.9 Å². The quantitative estimate of drug-likeness (QED) is 0.620. The van der Waals surface area contributed by atoms with E-state index in [0.29, 0.717) is 6.54 Å². The number of para-hydroxylation sites is 2. The number of anilines is 2. The molecular formula is C24H24N2O3. The fourth-order valence-electron chi connectivity index (χ4n) is 2.96. The smallest absolute Gasteiger partial charge is 0.232 e. The van der Waals surface area contributed by atoms with E-state index in [0.717, 1.165) is 22.7 Å². The first-order valence-corrected chi connectivity index (χ1v) is 9.50. The molecule has 0 saturated heterocycles. The van der Waals surface area contributed by atoms with E-state index in [2.05, 4.69) is 5.32 Å². The molecule has 0 unspecified atom stereocenters. The molecule has 5 heteroatoms. The van der Waals surface area contributed by atoms with Crippen LogP contribution in [-0.4, -0.2) is 18.9 Å². The Bertz CT molecular complexity index is 886. The molecule has 0 bridgehead atoms. The van der Waals surface area contributed by atoms with Gasteiger partial charge in [0.15, 0.2) is 0 Å². The van der Waals surface area contributed by atoms with Gasteiger partial charge in [-0.3, -0.25) is 14.5 Å². The Balaban J connectivity index is 1.58. The summed E-state index contributed by atoms with van der Waals surface area (Å²) in [6.07, 6.45) is 0.253. The molecule has 29 heavy (non-hydrogen) atoms. The number of ether oxygens (including phenoxy) is 1. The molecule has 3 rings (SSSR count). The van der Waals surface area contributed by atoms with Crippen LogP contribution >= 0.6 is 0 Å². The third-order valence-corrected chi connectivity index (χ3v) is 4.49. The number of hydrogen-bond acceptors (Lipinski definition) is 3. The average Bonchev–Trinajstić information content (AvgIpc) is 2.78. The zero-order valence-electron chi connectivity index (χ0n) is 16.4. The van der Waals surface area contributed by atoms with Gasteiger partial charge in [0.2, 0.25) is 11.8 Å². The normalized spacial score (nSPS) is 10.2. The minimum absolute atomic E-state index is 0.123. The van der Waals surface area contributed by atoms with Crippen LogP contribution in [-0.2, 0) is 16.1 Å². The lowest BCUT2D eigenvalue weighted by Crippen LogP contribution is -2.29. The summed E-state index contributed by atoms with van der Waals surface area (Å²) in [5.74, 6) is 0.491. The second-order valence-corrected chi connectivity index (χ2v) is 6.53. The van der Waals surface area contributed by atoms with Crippen LogP contribution in [0.1, 0.15) is 18.4 Å². The van der Waals surface area contributed by atoms with Gasteiger partial charge in [-0.25, -0.2) is 0 Å². The summed E-state index contributed by atoms with van der Waals surface area (Å²) in [6, 6.07) is 26.4.